The largest absolute Gasteiger partial charge is 0.344 e. The molecule has 0 bridgehead atoms. The number of halogens is 1. The van der Waals surface area contributed by atoms with Gasteiger partial charge in [0.2, 0.25) is 5.91 Å². The van der Waals surface area contributed by atoms with Gasteiger partial charge in [0.25, 0.3) is 0 Å². The minimum atomic E-state index is -0.348. The lowest BCUT2D eigenvalue weighted by Gasteiger charge is -2.33. The first-order valence-corrected chi connectivity index (χ1v) is 11.6. The Hall–Kier alpha value is -3.19. The van der Waals surface area contributed by atoms with E-state index in [-0.39, 0.29) is 29.7 Å². The Morgan fingerprint density at radius 1 is 1.12 bits per heavy atom. The van der Waals surface area contributed by atoms with Crippen molar-refractivity contribution in [1.29, 1.82) is 0 Å². The number of thiophene rings is 1. The Morgan fingerprint density at radius 2 is 1.94 bits per heavy atom. The Labute approximate surface area is 191 Å². The fourth-order valence-electron chi connectivity index (χ4n) is 3.99. The van der Waals surface area contributed by atoms with Crippen LogP contribution in [0.3, 0.4) is 0 Å². The molecule has 1 fully saturated rings. The fourth-order valence-corrected chi connectivity index (χ4v) is 4.79. The van der Waals surface area contributed by atoms with Crippen LogP contribution in [0.25, 0.3) is 0 Å². The predicted octanol–water partition coefficient (Wildman–Crippen LogP) is 5.35. The van der Waals surface area contributed by atoms with Crippen LogP contribution in [0.15, 0.2) is 66.0 Å². The second-order valence-corrected chi connectivity index (χ2v) is 9.07. The SMILES string of the molecule is Cc1cccc(NC(=O)N2CCCC(C(=O)NC(c3ccc(F)cc3)c3cccs3)C2)c1. The molecule has 1 aliphatic heterocycles. The molecule has 2 unspecified atom stereocenters. The Kier molecular flexibility index (Phi) is 6.85. The first kappa shape index (κ1) is 22.0. The molecule has 4 rings (SSSR count). The van der Waals surface area contributed by atoms with Crippen molar-refractivity contribution in [3.05, 3.63) is 87.9 Å². The number of carbonyl (C=O) groups excluding carboxylic acids is 2. The number of nitrogens with one attached hydrogen (secondary N) is 2. The molecule has 32 heavy (non-hydrogen) atoms. The molecule has 1 aliphatic rings. The normalized spacial score (nSPS) is 16.9. The second-order valence-electron chi connectivity index (χ2n) is 8.09. The molecule has 2 aromatic carbocycles. The minimum Gasteiger partial charge on any atom is -0.344 e. The van der Waals surface area contributed by atoms with E-state index in [1.165, 1.54) is 12.1 Å². The minimum absolute atomic E-state index is 0.0965. The Bertz CT molecular complexity index is 1070. The first-order valence-electron chi connectivity index (χ1n) is 10.7. The van der Waals surface area contributed by atoms with Crippen molar-refractivity contribution >= 4 is 29.0 Å². The molecule has 166 valence electrons. The van der Waals surface area contributed by atoms with Crippen molar-refractivity contribution in [2.75, 3.05) is 18.4 Å². The molecule has 0 radical (unpaired) electrons. The van der Waals surface area contributed by atoms with Gasteiger partial charge in [-0.2, -0.15) is 0 Å². The molecular formula is C25H26FN3O2S. The number of likely N-dealkylation sites (tertiary alicyclic amines) is 1. The van der Waals surface area contributed by atoms with Crippen LogP contribution in [0.4, 0.5) is 14.9 Å². The third-order valence-corrected chi connectivity index (χ3v) is 6.60. The molecule has 1 saturated heterocycles. The maximum absolute atomic E-state index is 13.4. The van der Waals surface area contributed by atoms with E-state index >= 15 is 0 Å². The van der Waals surface area contributed by atoms with Gasteiger partial charge in [-0.25, -0.2) is 9.18 Å². The number of carbonyl (C=O) groups is 2. The van der Waals surface area contributed by atoms with Crippen molar-refractivity contribution in [3.8, 4) is 0 Å². The van der Waals surface area contributed by atoms with E-state index < -0.39 is 0 Å². The highest BCUT2D eigenvalue weighted by atomic mass is 32.1. The smallest absolute Gasteiger partial charge is 0.321 e. The van der Waals surface area contributed by atoms with E-state index in [1.54, 1.807) is 28.4 Å². The van der Waals surface area contributed by atoms with Crippen molar-refractivity contribution in [2.24, 2.45) is 5.92 Å². The number of urea groups is 1. The Morgan fingerprint density at radius 3 is 2.66 bits per heavy atom. The van der Waals surface area contributed by atoms with Crippen molar-refractivity contribution < 1.29 is 14.0 Å². The summed E-state index contributed by atoms with van der Waals surface area (Å²) in [7, 11) is 0. The number of benzene rings is 2. The van der Waals surface area contributed by atoms with Crippen molar-refractivity contribution in [1.82, 2.24) is 10.2 Å². The van der Waals surface area contributed by atoms with Gasteiger partial charge in [-0.05, 0) is 66.6 Å². The monoisotopic (exact) mass is 451 g/mol. The number of amides is 3. The molecule has 2 heterocycles. The van der Waals surface area contributed by atoms with E-state index in [0.717, 1.165) is 34.5 Å². The van der Waals surface area contributed by atoms with Crippen LogP contribution in [0.5, 0.6) is 0 Å². The number of aryl methyl sites for hydroxylation is 1. The Balaban J connectivity index is 1.43. The summed E-state index contributed by atoms with van der Waals surface area (Å²) in [5.41, 5.74) is 2.64. The van der Waals surface area contributed by atoms with E-state index in [1.807, 2.05) is 48.7 Å². The zero-order valence-electron chi connectivity index (χ0n) is 17.9. The number of piperidine rings is 1. The highest BCUT2D eigenvalue weighted by Gasteiger charge is 2.30. The third kappa shape index (κ3) is 5.34. The summed E-state index contributed by atoms with van der Waals surface area (Å²) in [5, 5.41) is 8.01. The van der Waals surface area contributed by atoms with Gasteiger partial charge in [0.05, 0.1) is 12.0 Å². The summed E-state index contributed by atoms with van der Waals surface area (Å²) in [6.45, 7) is 2.96. The summed E-state index contributed by atoms with van der Waals surface area (Å²) in [5.74, 6) is -0.705. The number of hydrogen-bond acceptors (Lipinski definition) is 3. The summed E-state index contributed by atoms with van der Waals surface area (Å²) < 4.78 is 13.4. The highest BCUT2D eigenvalue weighted by Crippen LogP contribution is 2.28. The summed E-state index contributed by atoms with van der Waals surface area (Å²) in [6, 6.07) is 17.2. The molecule has 3 amide bonds. The number of anilines is 1. The quantitative estimate of drug-likeness (QED) is 0.550. The number of nitrogens with zero attached hydrogens (tertiary/aromatic N) is 1. The third-order valence-electron chi connectivity index (χ3n) is 5.67. The maximum Gasteiger partial charge on any atom is 0.321 e. The van der Waals surface area contributed by atoms with E-state index in [9.17, 15) is 14.0 Å². The zero-order valence-corrected chi connectivity index (χ0v) is 18.7. The van der Waals surface area contributed by atoms with Gasteiger partial charge in [-0.1, -0.05) is 30.3 Å². The van der Waals surface area contributed by atoms with Crippen molar-refractivity contribution in [3.63, 3.8) is 0 Å². The van der Waals surface area contributed by atoms with Gasteiger partial charge in [0.15, 0.2) is 0 Å². The van der Waals surface area contributed by atoms with E-state index in [2.05, 4.69) is 10.6 Å². The molecule has 0 aliphatic carbocycles. The lowest BCUT2D eigenvalue weighted by Crippen LogP contribution is -2.47. The van der Waals surface area contributed by atoms with Crippen LogP contribution in [-0.2, 0) is 4.79 Å². The average Bonchev–Trinajstić information content (AvgIpc) is 3.33. The molecule has 2 N–H and O–H groups in total. The molecule has 7 heteroatoms. The number of hydrogen-bond donors (Lipinski definition) is 2. The lowest BCUT2D eigenvalue weighted by molar-refractivity contribution is -0.126. The maximum atomic E-state index is 13.4. The molecule has 2 atom stereocenters. The van der Waals surface area contributed by atoms with Gasteiger partial charge in [0.1, 0.15) is 5.82 Å². The van der Waals surface area contributed by atoms with E-state index in [4.69, 9.17) is 0 Å². The molecule has 0 saturated carbocycles. The van der Waals surface area contributed by atoms with Gasteiger partial charge in [-0.15, -0.1) is 11.3 Å². The van der Waals surface area contributed by atoms with Crippen LogP contribution >= 0.6 is 11.3 Å². The molecular weight excluding hydrogens is 425 g/mol. The number of rotatable bonds is 5. The first-order chi connectivity index (χ1) is 15.5. The van der Waals surface area contributed by atoms with Gasteiger partial charge < -0.3 is 15.5 Å². The lowest BCUT2D eigenvalue weighted by atomic mass is 9.96. The standard InChI is InChI=1S/C25H26FN3O2S/c1-17-5-2-7-21(15-17)27-25(31)29-13-3-6-19(16-29)24(30)28-23(22-8-4-14-32-22)18-9-11-20(26)12-10-18/h2,4-5,7-12,14-15,19,23H,3,6,13,16H2,1H3,(H,27,31)(H,28,30). The topological polar surface area (TPSA) is 61.4 Å². The van der Waals surface area contributed by atoms with Gasteiger partial charge in [0, 0.05) is 23.7 Å². The molecule has 5 nitrogen and oxygen atoms in total. The van der Waals surface area contributed by atoms with Crippen LogP contribution in [0.2, 0.25) is 0 Å². The van der Waals surface area contributed by atoms with Crippen LogP contribution in [0, 0.1) is 18.7 Å². The van der Waals surface area contributed by atoms with Crippen LogP contribution in [0.1, 0.15) is 34.9 Å². The highest BCUT2D eigenvalue weighted by molar-refractivity contribution is 7.10. The summed E-state index contributed by atoms with van der Waals surface area (Å²) in [6.07, 6.45) is 1.49. The van der Waals surface area contributed by atoms with E-state index in [0.29, 0.717) is 13.1 Å². The fraction of sp³-hybridized carbons (Fsp3) is 0.280. The van der Waals surface area contributed by atoms with Crippen molar-refractivity contribution in [2.45, 2.75) is 25.8 Å². The van der Waals surface area contributed by atoms with Gasteiger partial charge >= 0.3 is 6.03 Å². The zero-order chi connectivity index (χ0) is 22.5. The molecule has 1 aromatic heterocycles. The molecule has 0 spiro atoms. The van der Waals surface area contributed by atoms with Crippen LogP contribution in [-0.4, -0.2) is 29.9 Å². The van der Waals surface area contributed by atoms with Crippen LogP contribution < -0.4 is 10.6 Å². The average molecular weight is 452 g/mol. The van der Waals surface area contributed by atoms with Gasteiger partial charge in [-0.3, -0.25) is 4.79 Å². The summed E-state index contributed by atoms with van der Waals surface area (Å²) >= 11 is 1.54. The second kappa shape index (κ2) is 9.96. The summed E-state index contributed by atoms with van der Waals surface area (Å²) in [4.78, 5) is 28.6. The predicted molar refractivity (Wildman–Crippen MR) is 125 cm³/mol. The molecule has 3 aromatic rings.